The molecule has 0 amide bonds. The number of halogens is 1. The Balaban J connectivity index is 2.31. The van der Waals surface area contributed by atoms with Crippen molar-refractivity contribution in [3.05, 3.63) is 65.0 Å². The second-order valence-corrected chi connectivity index (χ2v) is 4.71. The molecular weight excluding hydrogens is 255 g/mol. The molecule has 20 heavy (non-hydrogen) atoms. The molecule has 1 unspecified atom stereocenters. The standard InChI is InChI=1S/C16H19FN2O/c1-11-6-5-8-13(16(11)17)14(19-18)10-12-7-3-4-9-15(12)20-2/h3-9,14,19H,10,18H2,1-2H3. The maximum Gasteiger partial charge on any atom is 0.130 e. The first-order chi connectivity index (χ1) is 9.67. The van der Waals surface area contributed by atoms with E-state index in [2.05, 4.69) is 5.43 Å². The molecule has 3 N–H and O–H groups in total. The van der Waals surface area contributed by atoms with Gasteiger partial charge in [0.2, 0.25) is 0 Å². The average molecular weight is 274 g/mol. The number of hydrogen-bond acceptors (Lipinski definition) is 3. The Bertz CT molecular complexity index is 586. The summed E-state index contributed by atoms with van der Waals surface area (Å²) >= 11 is 0. The van der Waals surface area contributed by atoms with Gasteiger partial charge in [0.25, 0.3) is 0 Å². The van der Waals surface area contributed by atoms with Crippen molar-refractivity contribution in [3.63, 3.8) is 0 Å². The molecule has 0 heterocycles. The van der Waals surface area contributed by atoms with Crippen molar-refractivity contribution < 1.29 is 9.13 Å². The number of hydrogen-bond donors (Lipinski definition) is 2. The van der Waals surface area contributed by atoms with E-state index < -0.39 is 0 Å². The molecule has 3 nitrogen and oxygen atoms in total. The lowest BCUT2D eigenvalue weighted by Gasteiger charge is -2.19. The normalized spacial score (nSPS) is 12.2. The molecule has 0 saturated carbocycles. The molecule has 0 aliphatic carbocycles. The molecule has 0 spiro atoms. The summed E-state index contributed by atoms with van der Waals surface area (Å²) < 4.78 is 19.5. The summed E-state index contributed by atoms with van der Waals surface area (Å²) in [6.07, 6.45) is 0.556. The van der Waals surface area contributed by atoms with Crippen LogP contribution in [0.1, 0.15) is 22.7 Å². The van der Waals surface area contributed by atoms with Crippen molar-refractivity contribution in [1.82, 2.24) is 5.43 Å². The Morgan fingerprint density at radius 3 is 2.65 bits per heavy atom. The minimum absolute atomic E-state index is 0.217. The van der Waals surface area contributed by atoms with E-state index in [-0.39, 0.29) is 11.9 Å². The summed E-state index contributed by atoms with van der Waals surface area (Å²) in [6.45, 7) is 1.75. The summed E-state index contributed by atoms with van der Waals surface area (Å²) in [6, 6.07) is 12.7. The number of ether oxygens (including phenoxy) is 1. The summed E-state index contributed by atoms with van der Waals surface area (Å²) in [5, 5.41) is 0. The van der Waals surface area contributed by atoms with E-state index >= 15 is 0 Å². The van der Waals surface area contributed by atoms with Crippen molar-refractivity contribution in [2.45, 2.75) is 19.4 Å². The summed E-state index contributed by atoms with van der Waals surface area (Å²) in [5.41, 5.74) is 4.86. The van der Waals surface area contributed by atoms with Crippen molar-refractivity contribution >= 4 is 0 Å². The highest BCUT2D eigenvalue weighted by Crippen LogP contribution is 2.26. The monoisotopic (exact) mass is 274 g/mol. The number of rotatable bonds is 5. The van der Waals surface area contributed by atoms with Gasteiger partial charge in [-0.15, -0.1) is 0 Å². The minimum atomic E-state index is -0.300. The van der Waals surface area contributed by atoms with Crippen LogP contribution in [-0.4, -0.2) is 7.11 Å². The van der Waals surface area contributed by atoms with Crippen molar-refractivity contribution in [1.29, 1.82) is 0 Å². The van der Waals surface area contributed by atoms with Crippen molar-refractivity contribution in [3.8, 4) is 5.75 Å². The fraction of sp³-hybridized carbons (Fsp3) is 0.250. The zero-order chi connectivity index (χ0) is 14.5. The SMILES string of the molecule is COc1ccccc1CC(NN)c1cccc(C)c1F. The predicted octanol–water partition coefficient (Wildman–Crippen LogP) is 2.89. The lowest BCUT2D eigenvalue weighted by atomic mass is 9.97. The van der Waals surface area contributed by atoms with E-state index in [4.69, 9.17) is 10.6 Å². The second kappa shape index (κ2) is 6.50. The fourth-order valence-corrected chi connectivity index (χ4v) is 2.29. The molecule has 0 radical (unpaired) electrons. The van der Waals surface area contributed by atoms with E-state index in [1.54, 1.807) is 26.2 Å². The summed E-state index contributed by atoms with van der Waals surface area (Å²) in [4.78, 5) is 0. The van der Waals surface area contributed by atoms with E-state index in [9.17, 15) is 4.39 Å². The maximum atomic E-state index is 14.2. The number of methoxy groups -OCH3 is 1. The summed E-state index contributed by atoms with van der Waals surface area (Å²) in [5.74, 6) is 6.17. The Morgan fingerprint density at radius 2 is 1.95 bits per heavy atom. The van der Waals surface area contributed by atoms with Crippen LogP contribution in [0.4, 0.5) is 4.39 Å². The molecule has 2 aromatic carbocycles. The number of aryl methyl sites for hydroxylation is 1. The zero-order valence-electron chi connectivity index (χ0n) is 11.7. The minimum Gasteiger partial charge on any atom is -0.496 e. The van der Waals surface area contributed by atoms with E-state index in [0.717, 1.165) is 11.3 Å². The number of nitrogens with one attached hydrogen (secondary N) is 1. The molecule has 0 aromatic heterocycles. The third kappa shape index (κ3) is 2.98. The predicted molar refractivity (Wildman–Crippen MR) is 77.9 cm³/mol. The number of benzene rings is 2. The topological polar surface area (TPSA) is 47.3 Å². The Labute approximate surface area is 118 Å². The molecule has 0 saturated heterocycles. The summed E-state index contributed by atoms with van der Waals surface area (Å²) in [7, 11) is 1.62. The van der Waals surface area contributed by atoms with Crippen LogP contribution in [0.25, 0.3) is 0 Å². The van der Waals surface area contributed by atoms with Crippen molar-refractivity contribution in [2.75, 3.05) is 7.11 Å². The highest BCUT2D eigenvalue weighted by molar-refractivity contribution is 5.36. The molecule has 4 heteroatoms. The van der Waals surface area contributed by atoms with Gasteiger partial charge >= 0.3 is 0 Å². The molecule has 0 fully saturated rings. The van der Waals surface area contributed by atoms with Gasteiger partial charge in [-0.05, 0) is 30.5 Å². The lowest BCUT2D eigenvalue weighted by Crippen LogP contribution is -2.30. The van der Waals surface area contributed by atoms with Crippen LogP contribution in [0.15, 0.2) is 42.5 Å². The maximum absolute atomic E-state index is 14.2. The van der Waals surface area contributed by atoms with Crippen LogP contribution >= 0.6 is 0 Å². The lowest BCUT2D eigenvalue weighted by molar-refractivity contribution is 0.404. The third-order valence-corrected chi connectivity index (χ3v) is 3.41. The third-order valence-electron chi connectivity index (χ3n) is 3.41. The first-order valence-corrected chi connectivity index (χ1v) is 6.50. The van der Waals surface area contributed by atoms with Gasteiger partial charge in [0.05, 0.1) is 13.2 Å². The van der Waals surface area contributed by atoms with Crippen LogP contribution in [-0.2, 0) is 6.42 Å². The van der Waals surface area contributed by atoms with Crippen LogP contribution in [0.5, 0.6) is 5.75 Å². The molecule has 2 rings (SSSR count). The Kier molecular flexibility index (Phi) is 4.71. The van der Waals surface area contributed by atoms with E-state index in [1.165, 1.54) is 0 Å². The average Bonchev–Trinajstić information content (AvgIpc) is 2.48. The molecule has 2 aromatic rings. The van der Waals surface area contributed by atoms with E-state index in [1.807, 2.05) is 30.3 Å². The van der Waals surface area contributed by atoms with Gasteiger partial charge in [-0.2, -0.15) is 0 Å². The van der Waals surface area contributed by atoms with Gasteiger partial charge in [-0.3, -0.25) is 11.3 Å². The smallest absolute Gasteiger partial charge is 0.130 e. The quantitative estimate of drug-likeness (QED) is 0.651. The van der Waals surface area contributed by atoms with Crippen LogP contribution in [0, 0.1) is 12.7 Å². The number of para-hydroxylation sites is 1. The fourth-order valence-electron chi connectivity index (χ4n) is 2.29. The van der Waals surface area contributed by atoms with Gasteiger partial charge in [0.15, 0.2) is 0 Å². The van der Waals surface area contributed by atoms with Crippen LogP contribution in [0.2, 0.25) is 0 Å². The van der Waals surface area contributed by atoms with Gasteiger partial charge in [-0.1, -0.05) is 36.4 Å². The first kappa shape index (κ1) is 14.5. The van der Waals surface area contributed by atoms with Gasteiger partial charge in [0, 0.05) is 5.56 Å². The molecule has 0 aliphatic heterocycles. The zero-order valence-corrected chi connectivity index (χ0v) is 11.7. The molecule has 0 bridgehead atoms. The highest BCUT2D eigenvalue weighted by atomic mass is 19.1. The number of hydrazine groups is 1. The van der Waals surface area contributed by atoms with Crippen LogP contribution in [0.3, 0.4) is 0 Å². The first-order valence-electron chi connectivity index (χ1n) is 6.50. The number of nitrogens with two attached hydrogens (primary N) is 1. The van der Waals surface area contributed by atoms with Crippen LogP contribution < -0.4 is 16.0 Å². The largest absolute Gasteiger partial charge is 0.496 e. The Morgan fingerprint density at radius 1 is 1.20 bits per heavy atom. The molecule has 1 atom stereocenters. The van der Waals surface area contributed by atoms with Crippen molar-refractivity contribution in [2.24, 2.45) is 5.84 Å². The molecule has 0 aliphatic rings. The van der Waals surface area contributed by atoms with Gasteiger partial charge in [-0.25, -0.2) is 4.39 Å². The molecular formula is C16H19FN2O. The highest BCUT2D eigenvalue weighted by Gasteiger charge is 2.17. The van der Waals surface area contributed by atoms with Gasteiger partial charge < -0.3 is 4.74 Å². The molecule has 106 valence electrons. The van der Waals surface area contributed by atoms with E-state index in [0.29, 0.717) is 17.5 Å². The Hall–Kier alpha value is -1.91. The second-order valence-electron chi connectivity index (χ2n) is 4.71. The van der Waals surface area contributed by atoms with Gasteiger partial charge in [0.1, 0.15) is 11.6 Å².